The van der Waals surface area contributed by atoms with E-state index in [0.29, 0.717) is 11.4 Å². The van der Waals surface area contributed by atoms with E-state index in [2.05, 4.69) is 10.2 Å². The van der Waals surface area contributed by atoms with Gasteiger partial charge in [0.25, 0.3) is 0 Å². The number of rotatable bonds is 6. The normalized spacial score (nSPS) is 17.2. The van der Waals surface area contributed by atoms with E-state index in [1.54, 1.807) is 18.2 Å². The van der Waals surface area contributed by atoms with Crippen LogP contribution < -0.4 is 15.0 Å². The Balaban J connectivity index is 1.63. The van der Waals surface area contributed by atoms with Crippen LogP contribution in [0.5, 0.6) is 5.75 Å². The van der Waals surface area contributed by atoms with Crippen LogP contribution in [-0.2, 0) is 16.4 Å². The van der Waals surface area contributed by atoms with E-state index in [0.717, 1.165) is 36.4 Å². The zero-order valence-electron chi connectivity index (χ0n) is 15.7. The number of anilines is 1. The molecule has 1 saturated heterocycles. The maximum absolute atomic E-state index is 11.8. The molecule has 1 atom stereocenters. The lowest BCUT2D eigenvalue weighted by atomic mass is 10.1. The standard InChI is InChI=1S/C20H24N2O5S/c1-28(25,26)19-6-2-4-16(12-19)22-11-3-5-18(14-22)27-17-9-7-15(8-10-17)13-21-20(23)24/h2,4,6-10,12,18,21H,3,5,11,13-14H2,1H3,(H,23,24). The van der Waals surface area contributed by atoms with Gasteiger partial charge in [0.15, 0.2) is 9.84 Å². The summed E-state index contributed by atoms with van der Waals surface area (Å²) in [5.41, 5.74) is 1.74. The van der Waals surface area contributed by atoms with Crippen LogP contribution in [0, 0.1) is 0 Å². The Morgan fingerprint density at radius 3 is 2.68 bits per heavy atom. The molecule has 1 aliphatic heterocycles. The Bertz CT molecular complexity index is 928. The molecule has 2 aromatic carbocycles. The van der Waals surface area contributed by atoms with Gasteiger partial charge in [-0.05, 0) is 48.7 Å². The van der Waals surface area contributed by atoms with Crippen molar-refractivity contribution >= 4 is 21.6 Å². The first kappa shape index (κ1) is 20.0. The summed E-state index contributed by atoms with van der Waals surface area (Å²) in [7, 11) is -3.24. The van der Waals surface area contributed by atoms with E-state index in [9.17, 15) is 13.2 Å². The van der Waals surface area contributed by atoms with Gasteiger partial charge >= 0.3 is 6.09 Å². The van der Waals surface area contributed by atoms with Crippen molar-refractivity contribution in [2.75, 3.05) is 24.2 Å². The number of nitrogens with zero attached hydrogens (tertiary/aromatic N) is 1. The maximum atomic E-state index is 11.8. The van der Waals surface area contributed by atoms with Gasteiger partial charge in [-0.25, -0.2) is 13.2 Å². The number of piperidine rings is 1. The summed E-state index contributed by atoms with van der Waals surface area (Å²) in [6.07, 6.45) is 2.03. The highest BCUT2D eigenvalue weighted by atomic mass is 32.2. The van der Waals surface area contributed by atoms with E-state index in [-0.39, 0.29) is 12.6 Å². The first-order valence-corrected chi connectivity index (χ1v) is 11.0. The van der Waals surface area contributed by atoms with E-state index in [4.69, 9.17) is 9.84 Å². The molecule has 3 rings (SSSR count). The SMILES string of the molecule is CS(=O)(=O)c1cccc(N2CCCC(Oc3ccc(CNC(=O)O)cc3)C2)c1. The molecule has 0 bridgehead atoms. The smallest absolute Gasteiger partial charge is 0.404 e. The summed E-state index contributed by atoms with van der Waals surface area (Å²) in [5, 5.41) is 11.0. The lowest BCUT2D eigenvalue weighted by Gasteiger charge is -2.34. The minimum Gasteiger partial charge on any atom is -0.489 e. The summed E-state index contributed by atoms with van der Waals surface area (Å²) in [6, 6.07) is 14.3. The number of nitrogens with one attached hydrogen (secondary N) is 1. The van der Waals surface area contributed by atoms with Crippen molar-refractivity contribution in [3.63, 3.8) is 0 Å². The number of ether oxygens (including phenoxy) is 1. The quantitative estimate of drug-likeness (QED) is 0.769. The number of benzene rings is 2. The molecule has 1 heterocycles. The molecule has 1 unspecified atom stereocenters. The zero-order valence-corrected chi connectivity index (χ0v) is 16.5. The summed E-state index contributed by atoms with van der Waals surface area (Å²) in [5.74, 6) is 0.732. The van der Waals surface area contributed by atoms with E-state index < -0.39 is 15.9 Å². The van der Waals surface area contributed by atoms with Gasteiger partial charge in [0.1, 0.15) is 11.9 Å². The molecule has 0 radical (unpaired) electrons. The largest absolute Gasteiger partial charge is 0.489 e. The fraction of sp³-hybridized carbons (Fsp3) is 0.350. The van der Waals surface area contributed by atoms with Crippen molar-refractivity contribution in [1.82, 2.24) is 5.32 Å². The van der Waals surface area contributed by atoms with Crippen LogP contribution in [0.2, 0.25) is 0 Å². The number of carbonyl (C=O) groups is 1. The van der Waals surface area contributed by atoms with Crippen molar-refractivity contribution in [2.45, 2.75) is 30.4 Å². The summed E-state index contributed by atoms with van der Waals surface area (Å²) < 4.78 is 29.7. The van der Waals surface area contributed by atoms with Gasteiger partial charge in [-0.1, -0.05) is 18.2 Å². The van der Waals surface area contributed by atoms with Gasteiger partial charge in [0.05, 0.1) is 11.4 Å². The third kappa shape index (κ3) is 5.39. The number of hydrogen-bond acceptors (Lipinski definition) is 5. The number of carboxylic acid groups (broad SMARTS) is 1. The van der Waals surface area contributed by atoms with Crippen LogP contribution in [-0.4, -0.2) is 45.1 Å². The highest BCUT2D eigenvalue weighted by molar-refractivity contribution is 7.90. The molecule has 1 fully saturated rings. The van der Waals surface area contributed by atoms with Crippen LogP contribution >= 0.6 is 0 Å². The fourth-order valence-electron chi connectivity index (χ4n) is 3.24. The maximum Gasteiger partial charge on any atom is 0.404 e. The molecule has 1 aliphatic rings. The van der Waals surface area contributed by atoms with Crippen molar-refractivity contribution in [2.24, 2.45) is 0 Å². The third-order valence-corrected chi connectivity index (χ3v) is 5.77. The monoisotopic (exact) mass is 404 g/mol. The predicted molar refractivity (Wildman–Crippen MR) is 107 cm³/mol. The molecule has 0 aromatic heterocycles. The first-order chi connectivity index (χ1) is 13.3. The Morgan fingerprint density at radius 2 is 2.00 bits per heavy atom. The van der Waals surface area contributed by atoms with Gasteiger partial charge < -0.3 is 20.1 Å². The zero-order chi connectivity index (χ0) is 20.1. The molecular formula is C20H24N2O5S. The number of sulfone groups is 1. The number of hydrogen-bond donors (Lipinski definition) is 2. The highest BCUT2D eigenvalue weighted by Gasteiger charge is 2.22. The Hall–Kier alpha value is -2.74. The minimum absolute atomic E-state index is 0.00126. The highest BCUT2D eigenvalue weighted by Crippen LogP contribution is 2.25. The molecule has 7 nitrogen and oxygen atoms in total. The lowest BCUT2D eigenvalue weighted by Crippen LogP contribution is -2.41. The van der Waals surface area contributed by atoms with E-state index >= 15 is 0 Å². The second kappa shape index (κ2) is 8.52. The van der Waals surface area contributed by atoms with Gasteiger partial charge in [0.2, 0.25) is 0 Å². The second-order valence-corrected chi connectivity index (χ2v) is 8.92. The summed E-state index contributed by atoms with van der Waals surface area (Å²) in [4.78, 5) is 13.0. The molecule has 1 amide bonds. The van der Waals surface area contributed by atoms with Crippen molar-refractivity contribution in [3.8, 4) is 5.75 Å². The van der Waals surface area contributed by atoms with E-state index in [1.807, 2.05) is 30.3 Å². The van der Waals surface area contributed by atoms with Gasteiger partial charge in [-0.2, -0.15) is 0 Å². The van der Waals surface area contributed by atoms with Crippen molar-refractivity contribution in [1.29, 1.82) is 0 Å². The van der Waals surface area contributed by atoms with Crippen LogP contribution in [0.1, 0.15) is 18.4 Å². The minimum atomic E-state index is -3.24. The van der Waals surface area contributed by atoms with E-state index in [1.165, 1.54) is 6.26 Å². The second-order valence-electron chi connectivity index (χ2n) is 6.90. The number of amides is 1. The average molecular weight is 404 g/mol. The fourth-order valence-corrected chi connectivity index (χ4v) is 3.90. The molecule has 8 heteroatoms. The van der Waals surface area contributed by atoms with Gasteiger partial charge in [0, 0.05) is 25.0 Å². The van der Waals surface area contributed by atoms with Crippen LogP contribution in [0.4, 0.5) is 10.5 Å². The predicted octanol–water partition coefficient (Wildman–Crippen LogP) is 2.91. The molecule has 0 aliphatic carbocycles. The molecule has 0 saturated carbocycles. The molecule has 2 aromatic rings. The van der Waals surface area contributed by atoms with Gasteiger partial charge in [-0.15, -0.1) is 0 Å². The van der Waals surface area contributed by atoms with Crippen LogP contribution in [0.25, 0.3) is 0 Å². The van der Waals surface area contributed by atoms with Gasteiger partial charge in [-0.3, -0.25) is 0 Å². The Morgan fingerprint density at radius 1 is 1.25 bits per heavy atom. The molecule has 150 valence electrons. The first-order valence-electron chi connectivity index (χ1n) is 9.09. The van der Waals surface area contributed by atoms with Crippen molar-refractivity contribution in [3.05, 3.63) is 54.1 Å². The molecule has 0 spiro atoms. The summed E-state index contributed by atoms with van der Waals surface area (Å²) in [6.45, 7) is 1.78. The lowest BCUT2D eigenvalue weighted by molar-refractivity contribution is 0.179. The molecular weight excluding hydrogens is 380 g/mol. The topological polar surface area (TPSA) is 95.9 Å². The molecule has 2 N–H and O–H groups in total. The van der Waals surface area contributed by atoms with Crippen LogP contribution in [0.15, 0.2) is 53.4 Å². The van der Waals surface area contributed by atoms with Crippen molar-refractivity contribution < 1.29 is 23.1 Å². The Kier molecular flexibility index (Phi) is 6.08. The summed E-state index contributed by atoms with van der Waals surface area (Å²) >= 11 is 0. The molecule has 28 heavy (non-hydrogen) atoms. The third-order valence-electron chi connectivity index (χ3n) is 4.66. The van der Waals surface area contributed by atoms with Crippen LogP contribution in [0.3, 0.4) is 0 Å². The average Bonchev–Trinajstić information content (AvgIpc) is 2.67. The Labute approximate surface area is 164 Å².